The molecule has 24 heavy (non-hydrogen) atoms. The fourth-order valence-electron chi connectivity index (χ4n) is 3.37. The molecule has 3 atom stereocenters. The first-order valence-electron chi connectivity index (χ1n) is 8.20. The van der Waals surface area contributed by atoms with Crippen LogP contribution in [0.3, 0.4) is 0 Å². The molecule has 0 unspecified atom stereocenters. The third-order valence-electron chi connectivity index (χ3n) is 4.90. The lowest BCUT2D eigenvalue weighted by atomic mass is 10.1. The van der Waals surface area contributed by atoms with Gasteiger partial charge in [-0.1, -0.05) is 31.5 Å². The molecule has 0 saturated carbocycles. The second-order valence-electron chi connectivity index (χ2n) is 6.32. The molecule has 0 aromatic heterocycles. The molecule has 2 aliphatic heterocycles. The number of fused-ring (bicyclic) bond motifs is 1. The Kier molecular flexibility index (Phi) is 4.43. The SMILES string of the molecule is CCC1(CC)O[C@@H]2[C@@H](CN(S(=O)(=O)c3ccc(C)cc3)[C@H]2C#N)O1. The van der Waals surface area contributed by atoms with Gasteiger partial charge in [0.2, 0.25) is 10.0 Å². The van der Waals surface area contributed by atoms with E-state index < -0.39 is 34.1 Å². The number of ether oxygens (including phenoxy) is 2. The first kappa shape index (κ1) is 17.4. The van der Waals surface area contributed by atoms with E-state index >= 15 is 0 Å². The molecule has 130 valence electrons. The lowest BCUT2D eigenvalue weighted by molar-refractivity contribution is -0.186. The van der Waals surface area contributed by atoms with Gasteiger partial charge in [0.1, 0.15) is 18.2 Å². The molecule has 0 aliphatic carbocycles. The summed E-state index contributed by atoms with van der Waals surface area (Å²) in [5, 5.41) is 9.56. The van der Waals surface area contributed by atoms with Crippen LogP contribution in [0.1, 0.15) is 32.3 Å². The first-order chi connectivity index (χ1) is 11.4. The van der Waals surface area contributed by atoms with Crippen molar-refractivity contribution >= 4 is 10.0 Å². The summed E-state index contributed by atoms with van der Waals surface area (Å²) in [4.78, 5) is 0.186. The van der Waals surface area contributed by atoms with Crippen molar-refractivity contribution in [2.75, 3.05) is 6.54 Å². The van der Waals surface area contributed by atoms with Gasteiger partial charge in [-0.2, -0.15) is 9.57 Å². The average molecular weight is 350 g/mol. The summed E-state index contributed by atoms with van der Waals surface area (Å²) in [5.74, 6) is -0.704. The van der Waals surface area contributed by atoms with Crippen LogP contribution in [-0.4, -0.2) is 43.3 Å². The van der Waals surface area contributed by atoms with Crippen LogP contribution in [0.5, 0.6) is 0 Å². The maximum absolute atomic E-state index is 12.9. The Labute approximate surface area is 143 Å². The summed E-state index contributed by atoms with van der Waals surface area (Å²) in [5.41, 5.74) is 0.978. The van der Waals surface area contributed by atoms with Gasteiger partial charge in [0.25, 0.3) is 0 Å². The van der Waals surface area contributed by atoms with Crippen LogP contribution in [0, 0.1) is 18.3 Å². The summed E-state index contributed by atoms with van der Waals surface area (Å²) in [7, 11) is -3.76. The van der Waals surface area contributed by atoms with E-state index in [2.05, 4.69) is 6.07 Å². The molecule has 0 bridgehead atoms. The predicted octanol–water partition coefficient (Wildman–Crippen LogP) is 2.19. The highest BCUT2D eigenvalue weighted by Crippen LogP contribution is 2.42. The summed E-state index contributed by atoms with van der Waals surface area (Å²) in [6.07, 6.45) is 0.378. The molecule has 1 aromatic carbocycles. The Morgan fingerprint density at radius 1 is 1.25 bits per heavy atom. The Bertz CT molecular complexity index is 750. The van der Waals surface area contributed by atoms with Gasteiger partial charge in [0.15, 0.2) is 5.79 Å². The smallest absolute Gasteiger partial charge is 0.244 e. The number of rotatable bonds is 4. The number of hydrogen-bond acceptors (Lipinski definition) is 5. The van der Waals surface area contributed by atoms with E-state index in [1.54, 1.807) is 24.3 Å². The Hall–Kier alpha value is -1.46. The van der Waals surface area contributed by atoms with Crippen LogP contribution in [0.2, 0.25) is 0 Å². The zero-order valence-electron chi connectivity index (χ0n) is 14.1. The fraction of sp³-hybridized carbons (Fsp3) is 0.588. The molecular formula is C17H22N2O4S. The lowest BCUT2D eigenvalue weighted by Gasteiger charge is -2.29. The molecule has 2 fully saturated rings. The van der Waals surface area contributed by atoms with E-state index in [9.17, 15) is 13.7 Å². The largest absolute Gasteiger partial charge is 0.343 e. The van der Waals surface area contributed by atoms with Crippen molar-refractivity contribution in [3.63, 3.8) is 0 Å². The minimum absolute atomic E-state index is 0.140. The fourth-order valence-corrected chi connectivity index (χ4v) is 4.93. The highest BCUT2D eigenvalue weighted by molar-refractivity contribution is 7.89. The maximum Gasteiger partial charge on any atom is 0.244 e. The van der Waals surface area contributed by atoms with Crippen molar-refractivity contribution in [2.24, 2.45) is 0 Å². The van der Waals surface area contributed by atoms with Gasteiger partial charge in [-0.05, 0) is 31.9 Å². The highest BCUT2D eigenvalue weighted by Gasteiger charge is 2.57. The topological polar surface area (TPSA) is 79.6 Å². The molecule has 7 heteroatoms. The number of nitrogens with zero attached hydrogens (tertiary/aromatic N) is 2. The second kappa shape index (κ2) is 6.12. The molecule has 0 amide bonds. The van der Waals surface area contributed by atoms with E-state index in [0.717, 1.165) is 5.56 Å². The van der Waals surface area contributed by atoms with Gasteiger partial charge >= 0.3 is 0 Å². The van der Waals surface area contributed by atoms with Crippen molar-refractivity contribution in [3.8, 4) is 6.07 Å². The van der Waals surface area contributed by atoms with Crippen LogP contribution in [0.4, 0.5) is 0 Å². The van der Waals surface area contributed by atoms with Crippen molar-refractivity contribution < 1.29 is 17.9 Å². The molecule has 2 heterocycles. The van der Waals surface area contributed by atoms with Gasteiger partial charge < -0.3 is 9.47 Å². The van der Waals surface area contributed by atoms with Crippen molar-refractivity contribution in [2.45, 2.75) is 62.5 Å². The van der Waals surface area contributed by atoms with Crippen molar-refractivity contribution in [3.05, 3.63) is 29.8 Å². The zero-order chi connectivity index (χ0) is 17.5. The van der Waals surface area contributed by atoms with Crippen LogP contribution < -0.4 is 0 Å². The molecule has 2 aliphatic rings. The maximum atomic E-state index is 12.9. The highest BCUT2D eigenvalue weighted by atomic mass is 32.2. The molecule has 1 aromatic rings. The third-order valence-corrected chi connectivity index (χ3v) is 6.76. The standard InChI is InChI=1S/C17H22N2O4S/c1-4-17(5-2)22-15-11-19(14(10-18)16(15)23-17)24(20,21)13-8-6-12(3)7-9-13/h6-9,14-16H,4-5,11H2,1-3H3/t14-,15+,16-/m0/s1. The van der Waals surface area contributed by atoms with E-state index in [0.29, 0.717) is 12.8 Å². The van der Waals surface area contributed by atoms with E-state index in [1.807, 2.05) is 20.8 Å². The second-order valence-corrected chi connectivity index (χ2v) is 8.21. The first-order valence-corrected chi connectivity index (χ1v) is 9.64. The summed E-state index contributed by atoms with van der Waals surface area (Å²) in [6, 6.07) is 7.85. The number of hydrogen-bond donors (Lipinski definition) is 0. The molecule has 2 saturated heterocycles. The molecule has 0 radical (unpaired) electrons. The van der Waals surface area contributed by atoms with Crippen molar-refractivity contribution in [1.29, 1.82) is 5.26 Å². The van der Waals surface area contributed by atoms with Gasteiger partial charge in [-0.25, -0.2) is 8.42 Å². The normalized spacial score (nSPS) is 29.3. The molecule has 6 nitrogen and oxygen atoms in total. The van der Waals surface area contributed by atoms with Crippen LogP contribution >= 0.6 is 0 Å². The summed E-state index contributed by atoms with van der Waals surface area (Å²) < 4.78 is 39.0. The number of nitriles is 1. The van der Waals surface area contributed by atoms with Crippen LogP contribution in [0.25, 0.3) is 0 Å². The minimum atomic E-state index is -3.76. The molecule has 0 N–H and O–H groups in total. The van der Waals surface area contributed by atoms with E-state index in [1.165, 1.54) is 4.31 Å². The predicted molar refractivity (Wildman–Crippen MR) is 87.5 cm³/mol. The Morgan fingerprint density at radius 3 is 2.42 bits per heavy atom. The van der Waals surface area contributed by atoms with Gasteiger partial charge in [-0.3, -0.25) is 0 Å². The van der Waals surface area contributed by atoms with Gasteiger partial charge in [-0.15, -0.1) is 0 Å². The van der Waals surface area contributed by atoms with Gasteiger partial charge in [0, 0.05) is 6.54 Å². The molecular weight excluding hydrogens is 328 g/mol. The quantitative estimate of drug-likeness (QED) is 0.832. The molecule has 3 rings (SSSR count). The van der Waals surface area contributed by atoms with E-state index in [4.69, 9.17) is 9.47 Å². The minimum Gasteiger partial charge on any atom is -0.343 e. The zero-order valence-corrected chi connectivity index (χ0v) is 14.9. The Balaban J connectivity index is 1.90. The summed E-state index contributed by atoms with van der Waals surface area (Å²) in [6.45, 7) is 5.96. The monoisotopic (exact) mass is 350 g/mol. The third kappa shape index (κ3) is 2.64. The lowest BCUT2D eigenvalue weighted by Crippen LogP contribution is -2.42. The van der Waals surface area contributed by atoms with Crippen LogP contribution in [0.15, 0.2) is 29.2 Å². The number of benzene rings is 1. The van der Waals surface area contributed by atoms with Crippen molar-refractivity contribution in [1.82, 2.24) is 4.31 Å². The molecule has 0 spiro atoms. The summed E-state index contributed by atoms with van der Waals surface area (Å²) >= 11 is 0. The average Bonchev–Trinajstić information content (AvgIpc) is 3.10. The van der Waals surface area contributed by atoms with E-state index in [-0.39, 0.29) is 11.4 Å². The van der Waals surface area contributed by atoms with Gasteiger partial charge in [0.05, 0.1) is 11.0 Å². The number of aryl methyl sites for hydroxylation is 1. The Morgan fingerprint density at radius 2 is 1.88 bits per heavy atom. The number of sulfonamides is 1. The van der Waals surface area contributed by atoms with Crippen LogP contribution in [-0.2, 0) is 19.5 Å².